The molecule has 84 valence electrons. The molecule has 0 spiro atoms. The topological polar surface area (TPSA) is 38.0 Å². The second kappa shape index (κ2) is 5.29. The van der Waals surface area contributed by atoms with Crippen molar-refractivity contribution >= 4 is 0 Å². The fourth-order valence-electron chi connectivity index (χ4n) is 1.32. The highest BCUT2D eigenvalue weighted by molar-refractivity contribution is 5.21. The van der Waals surface area contributed by atoms with Gasteiger partial charge in [0.2, 0.25) is 0 Å². The van der Waals surface area contributed by atoms with Gasteiger partial charge in [0.1, 0.15) is 0 Å². The molecule has 0 saturated carbocycles. The van der Waals surface area contributed by atoms with E-state index in [-0.39, 0.29) is 5.41 Å². The van der Waals surface area contributed by atoms with E-state index >= 15 is 0 Å². The average molecular weight is 206 g/mol. The molecule has 1 aromatic carbocycles. The van der Waals surface area contributed by atoms with Crippen LogP contribution in [0.2, 0.25) is 0 Å². The van der Waals surface area contributed by atoms with Gasteiger partial charge < -0.3 is 11.1 Å². The molecule has 0 atom stereocenters. The third-order valence-electron chi connectivity index (χ3n) is 2.61. The van der Waals surface area contributed by atoms with E-state index in [1.807, 2.05) is 0 Å². The second-order valence-electron chi connectivity index (χ2n) is 4.96. The van der Waals surface area contributed by atoms with Gasteiger partial charge in [0.25, 0.3) is 0 Å². The van der Waals surface area contributed by atoms with Crippen LogP contribution in [0.1, 0.15) is 25.0 Å². The van der Waals surface area contributed by atoms with Gasteiger partial charge >= 0.3 is 0 Å². The van der Waals surface area contributed by atoms with Crippen LogP contribution in [0.3, 0.4) is 0 Å². The summed E-state index contributed by atoms with van der Waals surface area (Å²) in [7, 11) is 0. The molecule has 0 bridgehead atoms. The zero-order valence-electron chi connectivity index (χ0n) is 10.0. The van der Waals surface area contributed by atoms with Gasteiger partial charge in [-0.2, -0.15) is 0 Å². The van der Waals surface area contributed by atoms with Gasteiger partial charge in [0, 0.05) is 13.1 Å². The maximum atomic E-state index is 5.67. The third-order valence-corrected chi connectivity index (χ3v) is 2.61. The first kappa shape index (κ1) is 12.2. The lowest BCUT2D eigenvalue weighted by molar-refractivity contribution is 0.351. The van der Waals surface area contributed by atoms with Crippen molar-refractivity contribution in [1.82, 2.24) is 5.32 Å². The SMILES string of the molecule is Cc1ccc(CNCC(C)(C)CN)cc1. The summed E-state index contributed by atoms with van der Waals surface area (Å²) in [5.74, 6) is 0. The molecule has 0 radical (unpaired) electrons. The Morgan fingerprint density at radius 3 is 2.33 bits per heavy atom. The molecule has 0 saturated heterocycles. The van der Waals surface area contributed by atoms with Crippen molar-refractivity contribution in [2.45, 2.75) is 27.3 Å². The molecule has 0 amide bonds. The van der Waals surface area contributed by atoms with Crippen molar-refractivity contribution in [2.24, 2.45) is 11.1 Å². The molecule has 0 aromatic heterocycles. The second-order valence-corrected chi connectivity index (χ2v) is 4.96. The van der Waals surface area contributed by atoms with Gasteiger partial charge in [0.15, 0.2) is 0 Å². The van der Waals surface area contributed by atoms with E-state index < -0.39 is 0 Å². The highest BCUT2D eigenvalue weighted by Gasteiger charge is 2.14. The Morgan fingerprint density at radius 1 is 1.20 bits per heavy atom. The molecule has 2 heteroatoms. The van der Waals surface area contributed by atoms with Crippen molar-refractivity contribution < 1.29 is 0 Å². The van der Waals surface area contributed by atoms with Gasteiger partial charge in [0.05, 0.1) is 0 Å². The molecule has 0 fully saturated rings. The van der Waals surface area contributed by atoms with Crippen molar-refractivity contribution in [3.8, 4) is 0 Å². The van der Waals surface area contributed by atoms with Gasteiger partial charge in [-0.3, -0.25) is 0 Å². The number of nitrogens with two attached hydrogens (primary N) is 1. The highest BCUT2D eigenvalue weighted by Crippen LogP contribution is 2.10. The Labute approximate surface area is 92.9 Å². The molecule has 0 aliphatic carbocycles. The van der Waals surface area contributed by atoms with E-state index in [1.54, 1.807) is 0 Å². The number of nitrogens with one attached hydrogen (secondary N) is 1. The summed E-state index contributed by atoms with van der Waals surface area (Å²) in [6.45, 7) is 9.05. The molecular weight excluding hydrogens is 184 g/mol. The van der Waals surface area contributed by atoms with Crippen molar-refractivity contribution in [3.63, 3.8) is 0 Å². The Balaban J connectivity index is 2.35. The minimum atomic E-state index is 0.185. The van der Waals surface area contributed by atoms with Crippen LogP contribution in [0.25, 0.3) is 0 Å². The zero-order valence-corrected chi connectivity index (χ0v) is 10.0. The zero-order chi connectivity index (χ0) is 11.3. The fraction of sp³-hybridized carbons (Fsp3) is 0.538. The molecule has 1 rings (SSSR count). The predicted molar refractivity (Wildman–Crippen MR) is 65.7 cm³/mol. The van der Waals surface area contributed by atoms with E-state index in [0.29, 0.717) is 6.54 Å². The van der Waals surface area contributed by atoms with E-state index in [4.69, 9.17) is 5.73 Å². The van der Waals surface area contributed by atoms with E-state index in [9.17, 15) is 0 Å². The molecule has 2 nitrogen and oxygen atoms in total. The summed E-state index contributed by atoms with van der Waals surface area (Å²) in [4.78, 5) is 0. The monoisotopic (exact) mass is 206 g/mol. The first-order valence-corrected chi connectivity index (χ1v) is 5.50. The third kappa shape index (κ3) is 4.45. The maximum Gasteiger partial charge on any atom is 0.0205 e. The highest BCUT2D eigenvalue weighted by atomic mass is 14.9. The Bertz CT molecular complexity index is 288. The molecule has 0 unspecified atom stereocenters. The molecule has 1 aromatic rings. The quantitative estimate of drug-likeness (QED) is 0.774. The normalized spacial score (nSPS) is 11.7. The van der Waals surface area contributed by atoms with Crippen LogP contribution in [0.4, 0.5) is 0 Å². The lowest BCUT2D eigenvalue weighted by Gasteiger charge is -2.22. The largest absolute Gasteiger partial charge is 0.330 e. The van der Waals surface area contributed by atoms with Crippen LogP contribution in [-0.2, 0) is 6.54 Å². The standard InChI is InChI=1S/C13H22N2/c1-11-4-6-12(7-5-11)8-15-10-13(2,3)9-14/h4-7,15H,8-10,14H2,1-3H3. The smallest absolute Gasteiger partial charge is 0.0205 e. The van der Waals surface area contributed by atoms with Crippen molar-refractivity contribution in [1.29, 1.82) is 0 Å². The number of aryl methyl sites for hydroxylation is 1. The van der Waals surface area contributed by atoms with E-state index in [2.05, 4.69) is 50.4 Å². The fourth-order valence-corrected chi connectivity index (χ4v) is 1.32. The average Bonchev–Trinajstić information content (AvgIpc) is 2.21. The summed E-state index contributed by atoms with van der Waals surface area (Å²) < 4.78 is 0. The van der Waals surface area contributed by atoms with Crippen LogP contribution in [0, 0.1) is 12.3 Å². The van der Waals surface area contributed by atoms with Crippen LogP contribution >= 0.6 is 0 Å². The molecule has 0 heterocycles. The van der Waals surface area contributed by atoms with Gasteiger partial charge in [-0.1, -0.05) is 43.7 Å². The maximum absolute atomic E-state index is 5.67. The minimum absolute atomic E-state index is 0.185. The number of benzene rings is 1. The van der Waals surface area contributed by atoms with Gasteiger partial charge in [-0.15, -0.1) is 0 Å². The lowest BCUT2D eigenvalue weighted by Crippen LogP contribution is -2.35. The lowest BCUT2D eigenvalue weighted by atomic mass is 9.94. The first-order chi connectivity index (χ1) is 7.03. The molecule has 0 aliphatic heterocycles. The van der Waals surface area contributed by atoms with Gasteiger partial charge in [-0.05, 0) is 24.4 Å². The Hall–Kier alpha value is -0.860. The van der Waals surface area contributed by atoms with Crippen LogP contribution in [0.5, 0.6) is 0 Å². The molecule has 0 aliphatic rings. The summed E-state index contributed by atoms with van der Waals surface area (Å²) in [5.41, 5.74) is 8.48. The van der Waals surface area contributed by atoms with Crippen molar-refractivity contribution in [3.05, 3.63) is 35.4 Å². The molecule has 3 N–H and O–H groups in total. The molecule has 15 heavy (non-hydrogen) atoms. The van der Waals surface area contributed by atoms with Crippen molar-refractivity contribution in [2.75, 3.05) is 13.1 Å². The Kier molecular flexibility index (Phi) is 4.30. The van der Waals surface area contributed by atoms with Crippen LogP contribution in [0.15, 0.2) is 24.3 Å². The first-order valence-electron chi connectivity index (χ1n) is 5.50. The van der Waals surface area contributed by atoms with E-state index in [1.165, 1.54) is 11.1 Å². The summed E-state index contributed by atoms with van der Waals surface area (Å²) in [6, 6.07) is 8.62. The number of hydrogen-bond acceptors (Lipinski definition) is 2. The van der Waals surface area contributed by atoms with Gasteiger partial charge in [-0.25, -0.2) is 0 Å². The Morgan fingerprint density at radius 2 is 1.80 bits per heavy atom. The summed E-state index contributed by atoms with van der Waals surface area (Å²) >= 11 is 0. The van der Waals surface area contributed by atoms with E-state index in [0.717, 1.165) is 13.1 Å². The number of rotatable bonds is 5. The number of hydrogen-bond donors (Lipinski definition) is 2. The minimum Gasteiger partial charge on any atom is -0.330 e. The predicted octanol–water partition coefficient (Wildman–Crippen LogP) is 2.07. The molecular formula is C13H22N2. The van der Waals surface area contributed by atoms with Crippen LogP contribution < -0.4 is 11.1 Å². The summed E-state index contributed by atoms with van der Waals surface area (Å²) in [6.07, 6.45) is 0. The summed E-state index contributed by atoms with van der Waals surface area (Å²) in [5, 5.41) is 3.43. The van der Waals surface area contributed by atoms with Crippen LogP contribution in [-0.4, -0.2) is 13.1 Å².